The van der Waals surface area contributed by atoms with E-state index < -0.39 is 28.3 Å². The molecule has 9 heteroatoms. The van der Waals surface area contributed by atoms with E-state index in [0.29, 0.717) is 11.1 Å². The van der Waals surface area contributed by atoms with Crippen molar-refractivity contribution in [1.82, 2.24) is 5.32 Å². The van der Waals surface area contributed by atoms with Gasteiger partial charge in [-0.05, 0) is 31.9 Å². The molecule has 26 heavy (non-hydrogen) atoms. The molecule has 1 rings (SSSR count). The molecule has 0 aliphatic heterocycles. The molecule has 0 aliphatic carbocycles. The van der Waals surface area contributed by atoms with Crippen molar-refractivity contribution < 1.29 is 28.8 Å². The topological polar surface area (TPSA) is 125 Å². The monoisotopic (exact) mass is 366 g/mol. The van der Waals surface area contributed by atoms with E-state index in [4.69, 9.17) is 9.47 Å². The largest absolute Gasteiger partial charge is 0.464 e. The van der Waals surface area contributed by atoms with Crippen LogP contribution in [0.4, 0.5) is 5.69 Å². The number of rotatable bonds is 8. The van der Waals surface area contributed by atoms with Crippen LogP contribution in [-0.4, -0.2) is 41.5 Å². The molecule has 0 spiro atoms. The molecule has 9 nitrogen and oxygen atoms in total. The molecule has 0 saturated heterocycles. The van der Waals surface area contributed by atoms with Crippen LogP contribution in [0.3, 0.4) is 0 Å². The van der Waals surface area contributed by atoms with E-state index in [0.717, 1.165) is 6.92 Å². The normalized spacial score (nSPS) is 10.8. The summed E-state index contributed by atoms with van der Waals surface area (Å²) in [5, 5.41) is 13.4. The number of nitro groups is 1. The molecule has 0 unspecified atom stereocenters. The van der Waals surface area contributed by atoms with Gasteiger partial charge in [0.2, 0.25) is 11.4 Å². The zero-order valence-corrected chi connectivity index (χ0v) is 15.2. The summed E-state index contributed by atoms with van der Waals surface area (Å²) in [5.41, 5.74) is -1.37. The van der Waals surface area contributed by atoms with Gasteiger partial charge in [0.25, 0.3) is 5.69 Å². The quantitative estimate of drug-likeness (QED) is 0.319. The van der Waals surface area contributed by atoms with Gasteiger partial charge in [-0.25, -0.2) is 9.59 Å². The fourth-order valence-electron chi connectivity index (χ4n) is 2.43. The summed E-state index contributed by atoms with van der Waals surface area (Å²) in [6.07, 6.45) is -0.336. The van der Waals surface area contributed by atoms with Crippen molar-refractivity contribution in [1.29, 1.82) is 0 Å². The highest BCUT2D eigenvalue weighted by atomic mass is 16.6. The van der Waals surface area contributed by atoms with Crippen LogP contribution in [0.25, 0.3) is 0 Å². The van der Waals surface area contributed by atoms with Gasteiger partial charge >= 0.3 is 11.9 Å². The molecule has 0 atom stereocenters. The summed E-state index contributed by atoms with van der Waals surface area (Å²) >= 11 is 0. The highest BCUT2D eigenvalue weighted by Crippen LogP contribution is 2.24. The minimum Gasteiger partial charge on any atom is -0.464 e. The third-order valence-corrected chi connectivity index (χ3v) is 3.64. The first-order valence-corrected chi connectivity index (χ1v) is 8.05. The number of nitrogens with zero attached hydrogens (tertiary/aromatic N) is 1. The van der Waals surface area contributed by atoms with E-state index in [-0.39, 0.29) is 25.3 Å². The van der Waals surface area contributed by atoms with Gasteiger partial charge in [-0.15, -0.1) is 0 Å². The molecular weight excluding hydrogens is 344 g/mol. The third kappa shape index (κ3) is 4.78. The Morgan fingerprint density at radius 3 is 2.12 bits per heavy atom. The zero-order valence-electron chi connectivity index (χ0n) is 15.2. The summed E-state index contributed by atoms with van der Waals surface area (Å²) < 4.78 is 9.95. The summed E-state index contributed by atoms with van der Waals surface area (Å²) in [7, 11) is 0. The van der Waals surface area contributed by atoms with Crippen molar-refractivity contribution in [3.63, 3.8) is 0 Å². The standard InChI is InChI=1S/C17H22N2O7/c1-5-25-15(21)17(18-12(4)20,16(22)26-6-2)10-13-9-14(19(23)24)8-7-11(13)3/h7-9H,5-6,10H2,1-4H3,(H,18,20). The lowest BCUT2D eigenvalue weighted by atomic mass is 9.88. The predicted octanol–water partition coefficient (Wildman–Crippen LogP) is 1.45. The number of non-ortho nitro benzene ring substituents is 1. The lowest BCUT2D eigenvalue weighted by Gasteiger charge is -2.30. The van der Waals surface area contributed by atoms with Crippen LogP contribution in [0.2, 0.25) is 0 Å². The Morgan fingerprint density at radius 2 is 1.69 bits per heavy atom. The average Bonchev–Trinajstić information content (AvgIpc) is 2.55. The second-order valence-corrected chi connectivity index (χ2v) is 5.57. The van der Waals surface area contributed by atoms with Gasteiger partial charge in [0.15, 0.2) is 0 Å². The van der Waals surface area contributed by atoms with Gasteiger partial charge in [-0.2, -0.15) is 0 Å². The summed E-state index contributed by atoms with van der Waals surface area (Å²) in [6.45, 7) is 5.89. The van der Waals surface area contributed by atoms with Gasteiger partial charge < -0.3 is 14.8 Å². The third-order valence-electron chi connectivity index (χ3n) is 3.64. The summed E-state index contributed by atoms with van der Waals surface area (Å²) in [4.78, 5) is 47.3. The highest BCUT2D eigenvalue weighted by molar-refractivity contribution is 6.08. The Hall–Kier alpha value is -2.97. The molecule has 0 aromatic heterocycles. The number of amides is 1. The molecular formula is C17H22N2O7. The number of hydrogen-bond acceptors (Lipinski definition) is 7. The Balaban J connectivity index is 3.50. The number of carbonyl (C=O) groups is 3. The summed E-state index contributed by atoms with van der Waals surface area (Å²) in [5.74, 6) is -2.62. The fourth-order valence-corrected chi connectivity index (χ4v) is 2.43. The van der Waals surface area contributed by atoms with Crippen LogP contribution in [0.15, 0.2) is 18.2 Å². The molecule has 0 bridgehead atoms. The van der Waals surface area contributed by atoms with Crippen LogP contribution >= 0.6 is 0 Å². The first-order chi connectivity index (χ1) is 12.2. The van der Waals surface area contributed by atoms with Crippen LogP contribution in [0.1, 0.15) is 31.9 Å². The molecule has 0 heterocycles. The number of nitro benzene ring substituents is 1. The van der Waals surface area contributed by atoms with Crippen LogP contribution in [-0.2, 0) is 30.3 Å². The first-order valence-electron chi connectivity index (χ1n) is 8.05. The van der Waals surface area contributed by atoms with E-state index in [9.17, 15) is 24.5 Å². The Kier molecular flexibility index (Phi) is 7.24. The lowest BCUT2D eigenvalue weighted by Crippen LogP contribution is -2.62. The Labute approximate surface area is 150 Å². The average molecular weight is 366 g/mol. The van der Waals surface area contributed by atoms with Crippen molar-refractivity contribution in [2.24, 2.45) is 0 Å². The van der Waals surface area contributed by atoms with Gasteiger partial charge in [0.1, 0.15) is 0 Å². The Bertz CT molecular complexity index is 697. The maximum atomic E-state index is 12.6. The van der Waals surface area contributed by atoms with E-state index in [2.05, 4.69) is 5.32 Å². The van der Waals surface area contributed by atoms with Gasteiger partial charge in [-0.1, -0.05) is 6.07 Å². The van der Waals surface area contributed by atoms with E-state index in [1.165, 1.54) is 18.2 Å². The van der Waals surface area contributed by atoms with Crippen molar-refractivity contribution in [3.05, 3.63) is 39.4 Å². The van der Waals surface area contributed by atoms with Crippen LogP contribution < -0.4 is 5.32 Å². The molecule has 0 saturated carbocycles. The van der Waals surface area contributed by atoms with Crippen molar-refractivity contribution in [2.75, 3.05) is 13.2 Å². The lowest BCUT2D eigenvalue weighted by molar-refractivity contribution is -0.384. The minimum atomic E-state index is -2.13. The molecule has 1 N–H and O–H groups in total. The van der Waals surface area contributed by atoms with E-state index >= 15 is 0 Å². The van der Waals surface area contributed by atoms with Crippen molar-refractivity contribution in [2.45, 2.75) is 39.7 Å². The Morgan fingerprint density at radius 1 is 1.15 bits per heavy atom. The molecule has 142 valence electrons. The number of nitrogens with one attached hydrogen (secondary N) is 1. The van der Waals surface area contributed by atoms with E-state index in [1.807, 2.05) is 0 Å². The molecule has 1 aromatic carbocycles. The van der Waals surface area contributed by atoms with E-state index in [1.54, 1.807) is 20.8 Å². The van der Waals surface area contributed by atoms with Gasteiger partial charge in [0, 0.05) is 25.5 Å². The SMILES string of the molecule is CCOC(=O)C(Cc1cc([N+](=O)[O-])ccc1C)(NC(C)=O)C(=O)OCC. The minimum absolute atomic E-state index is 0.0203. The van der Waals surface area contributed by atoms with Crippen LogP contribution in [0, 0.1) is 17.0 Å². The first kappa shape index (κ1) is 21.1. The number of esters is 2. The molecule has 0 aliphatic rings. The zero-order chi connectivity index (χ0) is 19.9. The number of benzene rings is 1. The maximum absolute atomic E-state index is 12.6. The summed E-state index contributed by atoms with van der Waals surface area (Å²) in [6, 6.07) is 4.07. The number of ether oxygens (including phenoxy) is 2. The number of carbonyl (C=O) groups excluding carboxylic acids is 3. The van der Waals surface area contributed by atoms with Crippen molar-refractivity contribution in [3.8, 4) is 0 Å². The van der Waals surface area contributed by atoms with Crippen LogP contribution in [0.5, 0.6) is 0 Å². The molecule has 0 radical (unpaired) electrons. The predicted molar refractivity (Wildman–Crippen MR) is 91.4 cm³/mol. The highest BCUT2D eigenvalue weighted by Gasteiger charge is 2.50. The molecule has 0 fully saturated rings. The number of hydrogen-bond donors (Lipinski definition) is 1. The smallest absolute Gasteiger partial charge is 0.344 e. The second-order valence-electron chi connectivity index (χ2n) is 5.57. The van der Waals surface area contributed by atoms with Gasteiger partial charge in [0.05, 0.1) is 18.1 Å². The van der Waals surface area contributed by atoms with Crippen molar-refractivity contribution >= 4 is 23.5 Å². The maximum Gasteiger partial charge on any atom is 0.344 e. The number of aryl methyl sites for hydroxylation is 1. The second kappa shape index (κ2) is 8.93. The van der Waals surface area contributed by atoms with Gasteiger partial charge in [-0.3, -0.25) is 14.9 Å². The fraction of sp³-hybridized carbons (Fsp3) is 0.471. The molecule has 1 aromatic rings. The molecule has 1 amide bonds.